The summed E-state index contributed by atoms with van der Waals surface area (Å²) in [5.41, 5.74) is 1.30. The standard InChI is InChI=1S/C26H21N3O4S/c1-15-14-28-26(34-15)29-25(30)19-6-4-5-16-11-17(7-8-18(16)19)33-22-9-10-27-21-13-24(32-3)23(31-2)12-20(21)22/h4-14H,1-3H3,(H,28,29,30). The van der Waals surface area contributed by atoms with Crippen molar-refractivity contribution in [3.05, 3.63) is 77.4 Å². The van der Waals surface area contributed by atoms with Crippen molar-refractivity contribution in [3.8, 4) is 23.0 Å². The van der Waals surface area contributed by atoms with E-state index < -0.39 is 0 Å². The fourth-order valence-corrected chi connectivity index (χ4v) is 4.42. The molecule has 0 spiro atoms. The van der Waals surface area contributed by atoms with Crippen molar-refractivity contribution in [2.75, 3.05) is 19.5 Å². The van der Waals surface area contributed by atoms with Crippen LogP contribution in [0.1, 0.15) is 15.2 Å². The number of fused-ring (bicyclic) bond motifs is 2. The third-order valence-corrected chi connectivity index (χ3v) is 6.20. The van der Waals surface area contributed by atoms with Crippen LogP contribution in [0.5, 0.6) is 23.0 Å². The quantitative estimate of drug-likeness (QED) is 0.317. The molecule has 0 saturated carbocycles. The van der Waals surface area contributed by atoms with Gasteiger partial charge in [0.25, 0.3) is 5.91 Å². The Morgan fingerprint density at radius 1 is 0.912 bits per heavy atom. The lowest BCUT2D eigenvalue weighted by Crippen LogP contribution is -2.12. The van der Waals surface area contributed by atoms with E-state index in [2.05, 4.69) is 15.3 Å². The lowest BCUT2D eigenvalue weighted by atomic mass is 10.0. The Morgan fingerprint density at radius 3 is 2.50 bits per heavy atom. The lowest BCUT2D eigenvalue weighted by molar-refractivity contribution is 0.102. The Kier molecular flexibility index (Phi) is 5.73. The number of carbonyl (C=O) groups is 1. The molecule has 0 aliphatic carbocycles. The zero-order valence-electron chi connectivity index (χ0n) is 18.8. The maximum Gasteiger partial charge on any atom is 0.258 e. The number of aryl methyl sites for hydroxylation is 1. The number of amides is 1. The van der Waals surface area contributed by atoms with Gasteiger partial charge in [0.1, 0.15) is 11.5 Å². The van der Waals surface area contributed by atoms with Gasteiger partial charge in [0, 0.05) is 34.3 Å². The summed E-state index contributed by atoms with van der Waals surface area (Å²) < 4.78 is 17.0. The van der Waals surface area contributed by atoms with Gasteiger partial charge in [0.15, 0.2) is 16.6 Å². The van der Waals surface area contributed by atoms with Crippen LogP contribution in [0.4, 0.5) is 5.13 Å². The number of nitrogens with zero attached hydrogens (tertiary/aromatic N) is 2. The van der Waals surface area contributed by atoms with Crippen LogP contribution in [0.25, 0.3) is 21.7 Å². The first kappa shape index (κ1) is 21.7. The van der Waals surface area contributed by atoms with Crippen LogP contribution in [0.2, 0.25) is 0 Å². The Balaban J connectivity index is 1.48. The van der Waals surface area contributed by atoms with E-state index in [1.165, 1.54) is 11.3 Å². The van der Waals surface area contributed by atoms with Crippen LogP contribution in [0, 0.1) is 6.92 Å². The molecule has 0 fully saturated rings. The second-order valence-corrected chi connectivity index (χ2v) is 8.79. The zero-order valence-corrected chi connectivity index (χ0v) is 19.6. The van der Waals surface area contributed by atoms with E-state index in [-0.39, 0.29) is 5.91 Å². The number of aromatic nitrogens is 2. The molecule has 1 amide bonds. The molecule has 8 heteroatoms. The lowest BCUT2D eigenvalue weighted by Gasteiger charge is -2.13. The van der Waals surface area contributed by atoms with Crippen molar-refractivity contribution < 1.29 is 19.0 Å². The number of carbonyl (C=O) groups excluding carboxylic acids is 1. The molecule has 2 aromatic heterocycles. The Bertz CT molecular complexity index is 1530. The molecule has 3 aromatic carbocycles. The molecule has 0 atom stereocenters. The van der Waals surface area contributed by atoms with E-state index in [9.17, 15) is 4.79 Å². The summed E-state index contributed by atoms with van der Waals surface area (Å²) in [5.74, 6) is 2.28. The largest absolute Gasteiger partial charge is 0.493 e. The number of hydrogen-bond donors (Lipinski definition) is 1. The van der Waals surface area contributed by atoms with E-state index in [0.717, 1.165) is 26.6 Å². The first-order valence-corrected chi connectivity index (χ1v) is 11.3. The first-order valence-electron chi connectivity index (χ1n) is 10.5. The number of methoxy groups -OCH3 is 2. The number of ether oxygens (including phenoxy) is 3. The van der Waals surface area contributed by atoms with Crippen molar-refractivity contribution in [2.24, 2.45) is 0 Å². The molecule has 2 heterocycles. The molecule has 7 nitrogen and oxygen atoms in total. The van der Waals surface area contributed by atoms with Gasteiger partial charge in [0.2, 0.25) is 0 Å². The van der Waals surface area contributed by atoms with Crippen molar-refractivity contribution in [3.63, 3.8) is 0 Å². The summed E-state index contributed by atoms with van der Waals surface area (Å²) in [5, 5.41) is 5.96. The van der Waals surface area contributed by atoms with Gasteiger partial charge in [-0.2, -0.15) is 0 Å². The van der Waals surface area contributed by atoms with Crippen molar-refractivity contribution >= 4 is 44.1 Å². The van der Waals surface area contributed by atoms with E-state index in [1.807, 2.05) is 49.4 Å². The average Bonchev–Trinajstić information content (AvgIpc) is 3.27. The van der Waals surface area contributed by atoms with Gasteiger partial charge in [0.05, 0.1) is 19.7 Å². The molecule has 0 aliphatic rings. The predicted molar refractivity (Wildman–Crippen MR) is 134 cm³/mol. The maximum absolute atomic E-state index is 12.9. The third kappa shape index (κ3) is 4.11. The average molecular weight is 472 g/mol. The van der Waals surface area contributed by atoms with Gasteiger partial charge in [-0.1, -0.05) is 12.1 Å². The molecule has 0 radical (unpaired) electrons. The SMILES string of the molecule is COc1cc2nccc(Oc3ccc4c(C(=O)Nc5ncc(C)s5)cccc4c3)c2cc1OC. The molecule has 1 N–H and O–H groups in total. The van der Waals surface area contributed by atoms with E-state index >= 15 is 0 Å². The number of nitrogens with one attached hydrogen (secondary N) is 1. The van der Waals surface area contributed by atoms with Crippen LogP contribution in [0.3, 0.4) is 0 Å². The van der Waals surface area contributed by atoms with E-state index in [4.69, 9.17) is 14.2 Å². The smallest absolute Gasteiger partial charge is 0.258 e. The third-order valence-electron chi connectivity index (χ3n) is 5.37. The molecule has 5 aromatic rings. The highest BCUT2D eigenvalue weighted by Crippen LogP contribution is 2.37. The number of anilines is 1. The summed E-state index contributed by atoms with van der Waals surface area (Å²) in [7, 11) is 3.18. The molecule has 5 rings (SSSR count). The Morgan fingerprint density at radius 2 is 1.74 bits per heavy atom. The number of hydrogen-bond acceptors (Lipinski definition) is 7. The van der Waals surface area contributed by atoms with Gasteiger partial charge in [-0.05, 0) is 54.1 Å². The number of rotatable bonds is 6. The van der Waals surface area contributed by atoms with Gasteiger partial charge in [-0.15, -0.1) is 11.3 Å². The second-order valence-electron chi connectivity index (χ2n) is 7.55. The second kappa shape index (κ2) is 8.99. The summed E-state index contributed by atoms with van der Waals surface area (Å²) in [6.07, 6.45) is 3.43. The molecule has 0 bridgehead atoms. The normalized spacial score (nSPS) is 10.9. The monoisotopic (exact) mass is 471 g/mol. The highest BCUT2D eigenvalue weighted by atomic mass is 32.1. The van der Waals surface area contributed by atoms with E-state index in [0.29, 0.717) is 33.7 Å². The van der Waals surface area contributed by atoms with Crippen molar-refractivity contribution in [1.29, 1.82) is 0 Å². The molecule has 0 aliphatic heterocycles. The van der Waals surface area contributed by atoms with E-state index in [1.54, 1.807) is 38.7 Å². The van der Waals surface area contributed by atoms with Crippen LogP contribution in [0.15, 0.2) is 67.0 Å². The van der Waals surface area contributed by atoms with Gasteiger partial charge >= 0.3 is 0 Å². The van der Waals surface area contributed by atoms with Gasteiger partial charge < -0.3 is 14.2 Å². The minimum absolute atomic E-state index is 0.199. The summed E-state index contributed by atoms with van der Waals surface area (Å²) in [4.78, 5) is 22.5. The minimum Gasteiger partial charge on any atom is -0.493 e. The summed E-state index contributed by atoms with van der Waals surface area (Å²) in [6.45, 7) is 1.95. The van der Waals surface area contributed by atoms with Gasteiger partial charge in [-0.3, -0.25) is 15.1 Å². The highest BCUT2D eigenvalue weighted by Gasteiger charge is 2.14. The molecule has 0 saturated heterocycles. The van der Waals surface area contributed by atoms with Crippen LogP contribution in [-0.4, -0.2) is 30.1 Å². The first-order chi connectivity index (χ1) is 16.6. The van der Waals surface area contributed by atoms with Crippen LogP contribution < -0.4 is 19.5 Å². The molecule has 34 heavy (non-hydrogen) atoms. The Hall–Kier alpha value is -4.17. The number of benzene rings is 3. The van der Waals surface area contributed by atoms with Crippen molar-refractivity contribution in [2.45, 2.75) is 6.92 Å². The highest BCUT2D eigenvalue weighted by molar-refractivity contribution is 7.15. The van der Waals surface area contributed by atoms with Crippen LogP contribution >= 0.6 is 11.3 Å². The predicted octanol–water partition coefficient (Wildman–Crippen LogP) is 6.21. The van der Waals surface area contributed by atoms with Gasteiger partial charge in [-0.25, -0.2) is 4.98 Å². The summed E-state index contributed by atoms with van der Waals surface area (Å²) >= 11 is 1.44. The Labute approximate surface area is 200 Å². The molecule has 0 unspecified atom stereocenters. The maximum atomic E-state index is 12.9. The zero-order chi connectivity index (χ0) is 23.7. The molecular weight excluding hydrogens is 450 g/mol. The minimum atomic E-state index is -0.199. The number of pyridine rings is 1. The molecular formula is C26H21N3O4S. The molecule has 170 valence electrons. The van der Waals surface area contributed by atoms with Crippen molar-refractivity contribution in [1.82, 2.24) is 9.97 Å². The van der Waals surface area contributed by atoms with Crippen LogP contribution in [-0.2, 0) is 0 Å². The number of thiazole rings is 1. The fourth-order valence-electron chi connectivity index (χ4n) is 3.76. The fraction of sp³-hybridized carbons (Fsp3) is 0.115. The topological polar surface area (TPSA) is 82.6 Å². The summed E-state index contributed by atoms with van der Waals surface area (Å²) in [6, 6.07) is 16.7.